The molecule has 0 aliphatic carbocycles. The molecule has 1 rings (SSSR count). The van der Waals surface area contributed by atoms with E-state index in [-0.39, 0.29) is 0 Å². The molecule has 1 fully saturated rings. The van der Waals surface area contributed by atoms with E-state index in [0.29, 0.717) is 11.9 Å². The van der Waals surface area contributed by atoms with Crippen molar-refractivity contribution in [2.75, 3.05) is 13.2 Å². The van der Waals surface area contributed by atoms with Crippen molar-refractivity contribution in [2.45, 2.75) is 55.7 Å². The maximum absolute atomic E-state index is 12.4. The first-order valence-corrected chi connectivity index (χ1v) is 8.18. The van der Waals surface area contributed by atoms with E-state index in [9.17, 15) is 34.9 Å². The van der Waals surface area contributed by atoms with Crippen LogP contribution in [0.1, 0.15) is 20.8 Å². The summed E-state index contributed by atoms with van der Waals surface area (Å²) >= 11 is 0.551. The zero-order chi connectivity index (χ0) is 19.4. The molecule has 1 saturated heterocycles. The zero-order valence-electron chi connectivity index (χ0n) is 14.0. The molecule has 0 saturated carbocycles. The number of hydrogen-bond acceptors (Lipinski definition) is 10. The topological polar surface area (TPSA) is 178 Å². The first-order valence-electron chi connectivity index (χ1n) is 7.41. The predicted molar refractivity (Wildman–Crippen MR) is 87.0 cm³/mol. The van der Waals surface area contributed by atoms with Crippen molar-refractivity contribution < 1.29 is 34.8 Å². The van der Waals surface area contributed by atoms with Crippen LogP contribution in [0.15, 0.2) is 4.58 Å². The van der Waals surface area contributed by atoms with E-state index in [1.807, 2.05) is 0 Å². The van der Waals surface area contributed by atoms with Gasteiger partial charge in [-0.15, -0.1) is 4.91 Å². The molecule has 0 bridgehead atoms. The SMILES string of the molecule is CC(=O)N[C@@H](C(=O)NCC1(O)OC[C@@H](O)C(O)C1O)C(C)(C)SN=O. The fraction of sp³-hybridized carbons (Fsp3) is 0.846. The van der Waals surface area contributed by atoms with Gasteiger partial charge in [-0.05, 0) is 13.8 Å². The molecule has 0 aromatic carbocycles. The Kier molecular flexibility index (Phi) is 7.28. The number of rotatable bonds is 7. The second-order valence-electron chi connectivity index (χ2n) is 6.28. The van der Waals surface area contributed by atoms with Crippen LogP contribution in [-0.4, -0.2) is 80.3 Å². The van der Waals surface area contributed by atoms with Gasteiger partial charge in [0, 0.05) is 23.5 Å². The van der Waals surface area contributed by atoms with E-state index in [4.69, 9.17) is 4.74 Å². The van der Waals surface area contributed by atoms with Crippen LogP contribution in [0.4, 0.5) is 0 Å². The highest BCUT2D eigenvalue weighted by molar-refractivity contribution is 7.99. The number of carbonyl (C=O) groups excluding carboxylic acids is 2. The Hall–Kier alpha value is -1.31. The molecule has 2 amide bonds. The summed E-state index contributed by atoms with van der Waals surface area (Å²) in [5.41, 5.74) is 0. The van der Waals surface area contributed by atoms with Crippen LogP contribution in [0.2, 0.25) is 0 Å². The number of hydrogen-bond donors (Lipinski definition) is 6. The Labute approximate surface area is 148 Å². The summed E-state index contributed by atoms with van der Waals surface area (Å²) in [6.45, 7) is 3.15. The van der Waals surface area contributed by atoms with Gasteiger partial charge in [0.15, 0.2) is 0 Å². The summed E-state index contributed by atoms with van der Waals surface area (Å²) in [5.74, 6) is -3.61. The van der Waals surface area contributed by atoms with Gasteiger partial charge in [-0.25, -0.2) is 0 Å². The molecule has 0 aromatic rings. The van der Waals surface area contributed by atoms with Crippen LogP contribution in [0.25, 0.3) is 0 Å². The van der Waals surface area contributed by atoms with E-state index in [2.05, 4.69) is 15.2 Å². The molecule has 3 unspecified atom stereocenters. The van der Waals surface area contributed by atoms with Gasteiger partial charge in [0.05, 0.1) is 17.9 Å². The van der Waals surface area contributed by atoms with Crippen LogP contribution >= 0.6 is 11.9 Å². The van der Waals surface area contributed by atoms with Crippen molar-refractivity contribution in [2.24, 2.45) is 4.58 Å². The molecule has 1 aliphatic rings. The first-order chi connectivity index (χ1) is 11.4. The number of aliphatic hydroxyl groups is 4. The molecule has 144 valence electrons. The van der Waals surface area contributed by atoms with E-state index in [1.165, 1.54) is 20.8 Å². The van der Waals surface area contributed by atoms with Gasteiger partial charge >= 0.3 is 0 Å². The fourth-order valence-electron chi connectivity index (χ4n) is 2.27. The van der Waals surface area contributed by atoms with Crippen LogP contribution in [0, 0.1) is 4.91 Å². The van der Waals surface area contributed by atoms with Crippen molar-refractivity contribution >= 4 is 23.8 Å². The number of nitrogens with one attached hydrogen (secondary N) is 2. The lowest BCUT2D eigenvalue weighted by molar-refractivity contribution is -0.317. The Morgan fingerprint density at radius 1 is 1.40 bits per heavy atom. The highest BCUT2D eigenvalue weighted by atomic mass is 32.2. The van der Waals surface area contributed by atoms with Crippen molar-refractivity contribution in [3.05, 3.63) is 4.91 Å². The molecule has 0 radical (unpaired) electrons. The molecule has 1 heterocycles. The number of ether oxygens (including phenoxy) is 1. The molecule has 6 N–H and O–H groups in total. The second-order valence-corrected chi connectivity index (χ2v) is 7.66. The van der Waals surface area contributed by atoms with Gasteiger partial charge in [-0.2, -0.15) is 0 Å². The molecule has 1 aliphatic heterocycles. The molecule has 0 spiro atoms. The predicted octanol–water partition coefficient (Wildman–Crippen LogP) is -2.40. The Morgan fingerprint density at radius 2 is 2.00 bits per heavy atom. The Bertz CT molecular complexity index is 520. The quantitative estimate of drug-likeness (QED) is 0.207. The summed E-state index contributed by atoms with van der Waals surface area (Å²) in [4.78, 5) is 34.2. The number of nitrogens with zero attached hydrogens (tertiary/aromatic N) is 1. The van der Waals surface area contributed by atoms with Crippen molar-refractivity contribution in [1.82, 2.24) is 10.6 Å². The molecule has 25 heavy (non-hydrogen) atoms. The third kappa shape index (κ3) is 5.33. The van der Waals surface area contributed by atoms with Crippen molar-refractivity contribution in [3.8, 4) is 0 Å². The molecular formula is C13H23N3O8S. The third-order valence-corrected chi connectivity index (χ3v) is 4.56. The maximum Gasteiger partial charge on any atom is 0.244 e. The minimum atomic E-state index is -2.32. The van der Waals surface area contributed by atoms with Gasteiger partial charge in [-0.3, -0.25) is 9.59 Å². The van der Waals surface area contributed by atoms with Gasteiger partial charge in [0.1, 0.15) is 24.4 Å². The maximum atomic E-state index is 12.4. The summed E-state index contributed by atoms with van der Waals surface area (Å²) < 4.78 is 6.50. The molecular weight excluding hydrogens is 358 g/mol. The average molecular weight is 381 g/mol. The highest BCUT2D eigenvalue weighted by Gasteiger charge is 2.49. The zero-order valence-corrected chi connectivity index (χ0v) is 14.8. The fourth-order valence-corrected chi connectivity index (χ4v) is 2.73. The van der Waals surface area contributed by atoms with Crippen LogP contribution in [-0.2, 0) is 14.3 Å². The van der Waals surface area contributed by atoms with Crippen LogP contribution in [0.3, 0.4) is 0 Å². The number of amides is 2. The third-order valence-electron chi connectivity index (χ3n) is 3.78. The van der Waals surface area contributed by atoms with Gasteiger partial charge in [0.2, 0.25) is 17.6 Å². The number of carbonyl (C=O) groups is 2. The molecule has 5 atom stereocenters. The monoisotopic (exact) mass is 381 g/mol. The smallest absolute Gasteiger partial charge is 0.244 e. The number of nitroso groups, excluding NO2 is 1. The lowest BCUT2D eigenvalue weighted by atomic mass is 9.96. The minimum Gasteiger partial charge on any atom is -0.388 e. The van der Waals surface area contributed by atoms with Crippen LogP contribution < -0.4 is 10.6 Å². The number of aliphatic hydroxyl groups excluding tert-OH is 3. The largest absolute Gasteiger partial charge is 0.388 e. The van der Waals surface area contributed by atoms with Crippen molar-refractivity contribution in [1.29, 1.82) is 0 Å². The lowest BCUT2D eigenvalue weighted by Gasteiger charge is -2.42. The van der Waals surface area contributed by atoms with Gasteiger partial charge in [-0.1, -0.05) is 0 Å². The Balaban J connectivity index is 2.83. The first kappa shape index (κ1) is 21.7. The normalized spacial score (nSPS) is 31.1. The Morgan fingerprint density at radius 3 is 2.52 bits per heavy atom. The molecule has 0 aromatic heterocycles. The van der Waals surface area contributed by atoms with Crippen LogP contribution in [0.5, 0.6) is 0 Å². The summed E-state index contributed by atoms with van der Waals surface area (Å²) in [5, 5.41) is 43.7. The summed E-state index contributed by atoms with van der Waals surface area (Å²) in [6, 6.07) is -1.17. The van der Waals surface area contributed by atoms with Gasteiger partial charge in [0.25, 0.3) is 0 Å². The van der Waals surface area contributed by atoms with E-state index in [1.54, 1.807) is 0 Å². The summed E-state index contributed by atoms with van der Waals surface area (Å²) in [6.07, 6.45) is -4.91. The highest BCUT2D eigenvalue weighted by Crippen LogP contribution is 2.29. The molecule has 11 nitrogen and oxygen atoms in total. The van der Waals surface area contributed by atoms with Gasteiger partial charge < -0.3 is 35.8 Å². The average Bonchev–Trinajstić information content (AvgIpc) is 2.52. The second kappa shape index (κ2) is 8.38. The van der Waals surface area contributed by atoms with E-state index in [0.717, 1.165) is 0 Å². The minimum absolute atomic E-state index is 0.448. The van der Waals surface area contributed by atoms with E-state index < -0.39 is 59.9 Å². The lowest BCUT2D eigenvalue weighted by Crippen LogP contribution is -2.66. The van der Waals surface area contributed by atoms with Crippen molar-refractivity contribution in [3.63, 3.8) is 0 Å². The summed E-state index contributed by atoms with van der Waals surface area (Å²) in [7, 11) is 0. The van der Waals surface area contributed by atoms with E-state index >= 15 is 0 Å². The molecule has 12 heteroatoms. The standard InChI is InChI=1S/C13H23N3O8S/c1-6(17)15-9(12(2,3)25-16-23)11(21)14-5-13(22)10(20)8(19)7(18)4-24-13/h7-10,18-20,22H,4-5H2,1-3H3,(H,14,21)(H,15,17)/t7-,8?,9+,10?,13?/m1/s1.